The lowest BCUT2D eigenvalue weighted by atomic mass is 9.99. The van der Waals surface area contributed by atoms with Crippen LogP contribution in [-0.4, -0.2) is 17.0 Å². The third-order valence-corrected chi connectivity index (χ3v) is 3.87. The molecule has 0 spiro atoms. The summed E-state index contributed by atoms with van der Waals surface area (Å²) in [7, 11) is 0. The number of nitrogens with one attached hydrogen (secondary N) is 1. The lowest BCUT2D eigenvalue weighted by molar-refractivity contribution is -0.110. The van der Waals surface area contributed by atoms with Gasteiger partial charge in [0.1, 0.15) is 12.4 Å². The first-order valence-electron chi connectivity index (χ1n) is 6.79. The van der Waals surface area contributed by atoms with Gasteiger partial charge in [0.25, 0.3) is 5.91 Å². The standard InChI is InChI=1S/C17H11NO4/c19-16-14(12-3-1-2-4-13(12)18-16)15-11-6-5-9(17(20)21)7-10(11)8-22-15/h1-7H,8H2,(H,18,19)(H,20,21)/b15-14+. The second kappa shape index (κ2) is 4.46. The van der Waals surface area contributed by atoms with Crippen molar-refractivity contribution in [3.63, 3.8) is 0 Å². The lowest BCUT2D eigenvalue weighted by Gasteiger charge is -2.05. The van der Waals surface area contributed by atoms with Gasteiger partial charge < -0.3 is 15.2 Å². The summed E-state index contributed by atoms with van der Waals surface area (Å²) >= 11 is 0. The highest BCUT2D eigenvalue weighted by Crippen LogP contribution is 2.41. The Balaban J connectivity index is 1.90. The fourth-order valence-electron chi connectivity index (χ4n) is 2.84. The van der Waals surface area contributed by atoms with Crippen LogP contribution >= 0.6 is 0 Å². The number of carbonyl (C=O) groups excluding carboxylic acids is 1. The van der Waals surface area contributed by atoms with Gasteiger partial charge in [-0.3, -0.25) is 4.79 Å². The van der Waals surface area contributed by atoms with E-state index in [4.69, 9.17) is 9.84 Å². The van der Waals surface area contributed by atoms with E-state index in [-0.39, 0.29) is 18.1 Å². The predicted molar refractivity (Wildman–Crippen MR) is 80.1 cm³/mol. The molecule has 4 rings (SSSR count). The van der Waals surface area contributed by atoms with Crippen molar-refractivity contribution >= 4 is 28.9 Å². The van der Waals surface area contributed by atoms with E-state index < -0.39 is 5.97 Å². The van der Waals surface area contributed by atoms with Crippen molar-refractivity contribution in [1.82, 2.24) is 0 Å². The number of benzene rings is 2. The average molecular weight is 293 g/mol. The summed E-state index contributed by atoms with van der Waals surface area (Å²) in [6.07, 6.45) is 0. The fraction of sp³-hybridized carbons (Fsp3) is 0.0588. The van der Waals surface area contributed by atoms with Crippen LogP contribution in [0, 0.1) is 0 Å². The minimum atomic E-state index is -0.979. The minimum absolute atomic E-state index is 0.202. The van der Waals surface area contributed by atoms with Crippen LogP contribution in [0.1, 0.15) is 27.0 Å². The Morgan fingerprint density at radius 1 is 1.14 bits per heavy atom. The molecule has 108 valence electrons. The molecule has 2 aromatic rings. The van der Waals surface area contributed by atoms with E-state index in [1.807, 2.05) is 24.3 Å². The first-order valence-corrected chi connectivity index (χ1v) is 6.79. The molecule has 5 heteroatoms. The number of fused-ring (bicyclic) bond motifs is 2. The zero-order valence-corrected chi connectivity index (χ0v) is 11.4. The Kier molecular flexibility index (Phi) is 2.56. The molecule has 0 saturated heterocycles. The monoisotopic (exact) mass is 293 g/mol. The zero-order valence-electron chi connectivity index (χ0n) is 11.4. The molecule has 0 unspecified atom stereocenters. The number of rotatable bonds is 1. The Bertz CT molecular complexity index is 867. The Morgan fingerprint density at radius 2 is 1.95 bits per heavy atom. The summed E-state index contributed by atoms with van der Waals surface area (Å²) in [4.78, 5) is 23.3. The average Bonchev–Trinajstić information content (AvgIpc) is 3.06. The van der Waals surface area contributed by atoms with Crippen LogP contribution in [0.3, 0.4) is 0 Å². The molecule has 0 atom stereocenters. The number of hydrogen-bond acceptors (Lipinski definition) is 3. The highest BCUT2D eigenvalue weighted by atomic mass is 16.5. The Labute approximate surface area is 125 Å². The molecular formula is C17H11NO4. The normalized spacial score (nSPS) is 18.5. The molecule has 2 heterocycles. The first-order chi connectivity index (χ1) is 10.6. The molecule has 0 radical (unpaired) electrons. The molecule has 2 aliphatic heterocycles. The predicted octanol–water partition coefficient (Wildman–Crippen LogP) is 2.74. The number of carboxylic acid groups (broad SMARTS) is 1. The van der Waals surface area contributed by atoms with Gasteiger partial charge in [-0.25, -0.2) is 4.79 Å². The van der Waals surface area contributed by atoms with E-state index in [1.54, 1.807) is 12.1 Å². The minimum Gasteiger partial charge on any atom is -0.487 e. The smallest absolute Gasteiger partial charge is 0.335 e. The van der Waals surface area contributed by atoms with Crippen LogP contribution in [0.15, 0.2) is 42.5 Å². The molecule has 0 bridgehead atoms. The number of ether oxygens (including phenoxy) is 1. The highest BCUT2D eigenvalue weighted by Gasteiger charge is 2.32. The Morgan fingerprint density at radius 3 is 2.77 bits per heavy atom. The molecule has 2 aliphatic rings. The van der Waals surface area contributed by atoms with E-state index >= 15 is 0 Å². The second-order valence-corrected chi connectivity index (χ2v) is 5.17. The van der Waals surface area contributed by atoms with E-state index in [0.717, 1.165) is 22.4 Å². The van der Waals surface area contributed by atoms with Crippen LogP contribution < -0.4 is 5.32 Å². The molecule has 1 amide bonds. The van der Waals surface area contributed by atoms with Gasteiger partial charge in [0, 0.05) is 22.4 Å². The maximum atomic E-state index is 12.3. The molecular weight excluding hydrogens is 282 g/mol. The number of carbonyl (C=O) groups is 2. The fourth-order valence-corrected chi connectivity index (χ4v) is 2.84. The summed E-state index contributed by atoms with van der Waals surface area (Å²) in [5.41, 5.74) is 3.82. The van der Waals surface area contributed by atoms with Crippen LogP contribution in [0.25, 0.3) is 11.3 Å². The molecule has 0 fully saturated rings. The van der Waals surface area contributed by atoms with Crippen LogP contribution in [0.2, 0.25) is 0 Å². The Hall–Kier alpha value is -3.08. The topological polar surface area (TPSA) is 75.6 Å². The molecule has 0 aromatic heterocycles. The number of para-hydroxylation sites is 1. The third-order valence-electron chi connectivity index (χ3n) is 3.87. The van der Waals surface area contributed by atoms with Gasteiger partial charge >= 0.3 is 5.97 Å². The summed E-state index contributed by atoms with van der Waals surface area (Å²) in [5, 5.41) is 11.9. The van der Waals surface area contributed by atoms with Crippen molar-refractivity contribution in [2.24, 2.45) is 0 Å². The molecule has 0 aliphatic carbocycles. The summed E-state index contributed by atoms with van der Waals surface area (Å²) in [5.74, 6) is -0.673. The molecule has 2 aromatic carbocycles. The van der Waals surface area contributed by atoms with Gasteiger partial charge in [0.2, 0.25) is 0 Å². The largest absolute Gasteiger partial charge is 0.487 e. The molecule has 2 N–H and O–H groups in total. The van der Waals surface area contributed by atoms with E-state index in [0.29, 0.717) is 11.3 Å². The van der Waals surface area contributed by atoms with Gasteiger partial charge in [0.15, 0.2) is 0 Å². The van der Waals surface area contributed by atoms with Crippen molar-refractivity contribution in [2.45, 2.75) is 6.61 Å². The quantitative estimate of drug-likeness (QED) is 0.793. The van der Waals surface area contributed by atoms with Crippen molar-refractivity contribution in [3.8, 4) is 0 Å². The molecule has 5 nitrogen and oxygen atoms in total. The van der Waals surface area contributed by atoms with Crippen LogP contribution in [0.5, 0.6) is 0 Å². The van der Waals surface area contributed by atoms with Gasteiger partial charge in [-0.1, -0.05) is 18.2 Å². The van der Waals surface area contributed by atoms with Crippen LogP contribution in [-0.2, 0) is 16.1 Å². The van der Waals surface area contributed by atoms with Crippen molar-refractivity contribution in [1.29, 1.82) is 0 Å². The zero-order chi connectivity index (χ0) is 15.3. The van der Waals surface area contributed by atoms with Gasteiger partial charge in [-0.2, -0.15) is 0 Å². The van der Waals surface area contributed by atoms with Crippen molar-refractivity contribution in [3.05, 3.63) is 64.7 Å². The number of carboxylic acids is 1. The van der Waals surface area contributed by atoms with E-state index in [2.05, 4.69) is 5.32 Å². The maximum Gasteiger partial charge on any atom is 0.335 e. The molecule has 22 heavy (non-hydrogen) atoms. The maximum absolute atomic E-state index is 12.3. The SMILES string of the molecule is O=C1Nc2ccccc2/C1=C1\OCc2cc(C(=O)O)ccc21. The number of amides is 1. The summed E-state index contributed by atoms with van der Waals surface area (Å²) < 4.78 is 5.70. The van der Waals surface area contributed by atoms with Crippen molar-refractivity contribution < 1.29 is 19.4 Å². The third kappa shape index (κ3) is 1.72. The number of hydrogen-bond donors (Lipinski definition) is 2. The van der Waals surface area contributed by atoms with Gasteiger partial charge in [-0.05, 0) is 24.3 Å². The summed E-state index contributed by atoms with van der Waals surface area (Å²) in [6, 6.07) is 12.2. The number of anilines is 1. The summed E-state index contributed by atoms with van der Waals surface area (Å²) in [6.45, 7) is 0.269. The number of aromatic carboxylic acids is 1. The van der Waals surface area contributed by atoms with E-state index in [9.17, 15) is 9.59 Å². The second-order valence-electron chi connectivity index (χ2n) is 5.17. The lowest BCUT2D eigenvalue weighted by Crippen LogP contribution is -2.05. The van der Waals surface area contributed by atoms with Crippen molar-refractivity contribution in [2.75, 3.05) is 5.32 Å². The van der Waals surface area contributed by atoms with Crippen LogP contribution in [0.4, 0.5) is 5.69 Å². The van der Waals surface area contributed by atoms with E-state index in [1.165, 1.54) is 6.07 Å². The molecule has 0 saturated carbocycles. The van der Waals surface area contributed by atoms with Gasteiger partial charge in [0.05, 0.1) is 11.1 Å². The van der Waals surface area contributed by atoms with Gasteiger partial charge in [-0.15, -0.1) is 0 Å². The first kappa shape index (κ1) is 12.6. The highest BCUT2D eigenvalue weighted by molar-refractivity contribution is 6.36.